The van der Waals surface area contributed by atoms with Gasteiger partial charge in [-0.1, -0.05) is 50.2 Å². The summed E-state index contributed by atoms with van der Waals surface area (Å²) in [5.74, 6) is -1.14. The summed E-state index contributed by atoms with van der Waals surface area (Å²) >= 11 is 0. The number of amides is 3. The second-order valence-corrected chi connectivity index (χ2v) is 7.13. The number of carbonyl (C=O) groups is 3. The van der Waals surface area contributed by atoms with Gasteiger partial charge in [0.05, 0.1) is 11.3 Å². The number of nitrogens with one attached hydrogen (secondary N) is 1. The van der Waals surface area contributed by atoms with Crippen LogP contribution >= 0.6 is 0 Å². The predicted molar refractivity (Wildman–Crippen MR) is 109 cm³/mol. The number of para-hydroxylation sites is 1. The van der Waals surface area contributed by atoms with Gasteiger partial charge in [-0.15, -0.1) is 0 Å². The van der Waals surface area contributed by atoms with Gasteiger partial charge in [-0.2, -0.15) is 0 Å². The van der Waals surface area contributed by atoms with Crippen molar-refractivity contribution in [2.45, 2.75) is 19.8 Å². The molecule has 1 aliphatic heterocycles. The van der Waals surface area contributed by atoms with Crippen LogP contribution in [0.15, 0.2) is 54.6 Å². The lowest BCUT2D eigenvalue weighted by Gasteiger charge is -2.31. The van der Waals surface area contributed by atoms with E-state index in [0.29, 0.717) is 27.8 Å². The lowest BCUT2D eigenvalue weighted by molar-refractivity contribution is 0.0893. The first-order valence-electron chi connectivity index (χ1n) is 9.21. The molecule has 0 spiro atoms. The van der Waals surface area contributed by atoms with Gasteiger partial charge in [0.25, 0.3) is 17.7 Å². The van der Waals surface area contributed by atoms with Crippen molar-refractivity contribution in [2.24, 2.45) is 0 Å². The number of hydrogen-bond acceptors (Lipinski definition) is 3. The molecule has 3 amide bonds. The van der Waals surface area contributed by atoms with Crippen molar-refractivity contribution in [3.05, 3.63) is 76.9 Å². The minimum atomic E-state index is -0.410. The second kappa shape index (κ2) is 6.60. The van der Waals surface area contributed by atoms with Crippen molar-refractivity contribution in [1.82, 2.24) is 5.32 Å². The van der Waals surface area contributed by atoms with Crippen LogP contribution in [-0.2, 0) is 0 Å². The zero-order chi connectivity index (χ0) is 20.0. The molecule has 0 aromatic heterocycles. The van der Waals surface area contributed by atoms with Crippen molar-refractivity contribution in [1.29, 1.82) is 0 Å². The Morgan fingerprint density at radius 2 is 1.46 bits per heavy atom. The predicted octanol–water partition coefficient (Wildman–Crippen LogP) is 4.12. The molecule has 3 aromatic rings. The van der Waals surface area contributed by atoms with Crippen LogP contribution in [0.4, 0.5) is 5.69 Å². The van der Waals surface area contributed by atoms with E-state index in [1.807, 2.05) is 32.0 Å². The number of imide groups is 1. The molecule has 1 N–H and O–H groups in total. The number of rotatable bonds is 3. The highest BCUT2D eigenvalue weighted by molar-refractivity contribution is 6.36. The van der Waals surface area contributed by atoms with Gasteiger partial charge in [-0.3, -0.25) is 14.4 Å². The van der Waals surface area contributed by atoms with Crippen LogP contribution in [0.2, 0.25) is 0 Å². The summed E-state index contributed by atoms with van der Waals surface area (Å²) in [6.45, 7) is 3.94. The van der Waals surface area contributed by atoms with Gasteiger partial charge in [-0.05, 0) is 35.1 Å². The van der Waals surface area contributed by atoms with Crippen LogP contribution in [0.5, 0.6) is 0 Å². The zero-order valence-electron chi connectivity index (χ0n) is 15.9. The van der Waals surface area contributed by atoms with Crippen molar-refractivity contribution in [3.8, 4) is 0 Å². The molecule has 0 saturated heterocycles. The van der Waals surface area contributed by atoms with E-state index in [1.54, 1.807) is 36.4 Å². The highest BCUT2D eigenvalue weighted by Crippen LogP contribution is 2.38. The topological polar surface area (TPSA) is 66.5 Å². The van der Waals surface area contributed by atoms with Gasteiger partial charge >= 0.3 is 0 Å². The third-order valence-corrected chi connectivity index (χ3v) is 5.16. The maximum Gasteiger partial charge on any atom is 0.266 e. The van der Waals surface area contributed by atoms with Crippen molar-refractivity contribution in [2.75, 3.05) is 11.9 Å². The molecule has 4 rings (SSSR count). The summed E-state index contributed by atoms with van der Waals surface area (Å²) in [6, 6.07) is 16.1. The van der Waals surface area contributed by atoms with Crippen LogP contribution in [0, 0.1) is 0 Å². The lowest BCUT2D eigenvalue weighted by atomic mass is 9.91. The number of benzene rings is 3. The average Bonchev–Trinajstić information content (AvgIpc) is 2.71. The largest absolute Gasteiger partial charge is 0.355 e. The van der Waals surface area contributed by atoms with E-state index in [-0.39, 0.29) is 11.8 Å². The Morgan fingerprint density at radius 1 is 0.893 bits per heavy atom. The first kappa shape index (κ1) is 17.9. The molecule has 1 heterocycles. The third-order valence-electron chi connectivity index (χ3n) is 5.16. The highest BCUT2D eigenvalue weighted by Gasteiger charge is 2.37. The van der Waals surface area contributed by atoms with Crippen molar-refractivity contribution in [3.63, 3.8) is 0 Å². The molecule has 0 atom stereocenters. The molecule has 0 bridgehead atoms. The Hall–Kier alpha value is -3.47. The van der Waals surface area contributed by atoms with E-state index in [2.05, 4.69) is 5.32 Å². The Bertz CT molecular complexity index is 1100. The number of anilines is 1. The molecule has 5 nitrogen and oxygen atoms in total. The van der Waals surface area contributed by atoms with Gasteiger partial charge in [0.2, 0.25) is 0 Å². The summed E-state index contributed by atoms with van der Waals surface area (Å²) in [7, 11) is 1.53. The summed E-state index contributed by atoms with van der Waals surface area (Å²) < 4.78 is 0. The Kier molecular flexibility index (Phi) is 4.23. The Balaban J connectivity index is 2.03. The van der Waals surface area contributed by atoms with Gasteiger partial charge in [0.15, 0.2) is 0 Å². The molecule has 0 unspecified atom stereocenters. The molecule has 0 fully saturated rings. The van der Waals surface area contributed by atoms with Crippen LogP contribution < -0.4 is 10.2 Å². The standard InChI is InChI=1S/C23H20N2O3/c1-13(2)15-9-6-12-18(21(26)24-3)20(15)25-22(27)16-10-4-7-14-8-5-11-17(19(14)16)23(25)28/h4-13H,1-3H3,(H,24,26). The summed E-state index contributed by atoms with van der Waals surface area (Å²) in [6.07, 6.45) is 0. The van der Waals surface area contributed by atoms with Gasteiger partial charge in [0.1, 0.15) is 0 Å². The first-order chi connectivity index (χ1) is 13.5. The third kappa shape index (κ3) is 2.51. The fraction of sp³-hybridized carbons (Fsp3) is 0.174. The van der Waals surface area contributed by atoms with Crippen LogP contribution in [-0.4, -0.2) is 24.8 Å². The fourth-order valence-corrected chi connectivity index (χ4v) is 3.83. The van der Waals surface area contributed by atoms with E-state index in [0.717, 1.165) is 15.8 Å². The highest BCUT2D eigenvalue weighted by atomic mass is 16.2. The molecular weight excluding hydrogens is 352 g/mol. The molecule has 140 valence electrons. The number of hydrogen-bond donors (Lipinski definition) is 1. The molecule has 0 aliphatic carbocycles. The molecule has 5 heteroatoms. The lowest BCUT2D eigenvalue weighted by Crippen LogP contribution is -2.42. The second-order valence-electron chi connectivity index (χ2n) is 7.13. The number of nitrogens with zero attached hydrogens (tertiary/aromatic N) is 1. The minimum absolute atomic E-state index is 0.0215. The SMILES string of the molecule is CNC(=O)c1cccc(C(C)C)c1N1C(=O)c2cccc3cccc(c23)C1=O. The van der Waals surface area contributed by atoms with Crippen LogP contribution in [0.3, 0.4) is 0 Å². The van der Waals surface area contributed by atoms with Gasteiger partial charge < -0.3 is 5.32 Å². The average molecular weight is 372 g/mol. The van der Waals surface area contributed by atoms with E-state index < -0.39 is 11.8 Å². The maximum absolute atomic E-state index is 13.4. The monoisotopic (exact) mass is 372 g/mol. The van der Waals surface area contributed by atoms with Crippen molar-refractivity contribution >= 4 is 34.2 Å². The van der Waals surface area contributed by atoms with Crippen LogP contribution in [0.1, 0.15) is 56.4 Å². The summed E-state index contributed by atoms with van der Waals surface area (Å²) in [5.41, 5.74) is 2.37. The molecule has 0 radical (unpaired) electrons. The Labute approximate surface area is 163 Å². The van der Waals surface area contributed by atoms with E-state index in [4.69, 9.17) is 0 Å². The van der Waals surface area contributed by atoms with Crippen LogP contribution in [0.25, 0.3) is 10.8 Å². The van der Waals surface area contributed by atoms with Gasteiger partial charge in [0, 0.05) is 23.6 Å². The maximum atomic E-state index is 13.4. The molecule has 0 saturated carbocycles. The van der Waals surface area contributed by atoms with E-state index >= 15 is 0 Å². The zero-order valence-corrected chi connectivity index (χ0v) is 15.9. The van der Waals surface area contributed by atoms with Crippen molar-refractivity contribution < 1.29 is 14.4 Å². The normalized spacial score (nSPS) is 13.4. The van der Waals surface area contributed by atoms with E-state index in [1.165, 1.54) is 7.05 Å². The number of carbonyl (C=O) groups excluding carboxylic acids is 3. The smallest absolute Gasteiger partial charge is 0.266 e. The molecule has 3 aromatic carbocycles. The molecule has 1 aliphatic rings. The fourth-order valence-electron chi connectivity index (χ4n) is 3.83. The quantitative estimate of drug-likeness (QED) is 0.703. The minimum Gasteiger partial charge on any atom is -0.355 e. The molecule has 28 heavy (non-hydrogen) atoms. The molecular formula is C23H20N2O3. The Morgan fingerprint density at radius 3 is 2.00 bits per heavy atom. The first-order valence-corrected chi connectivity index (χ1v) is 9.21. The van der Waals surface area contributed by atoms with Gasteiger partial charge in [-0.25, -0.2) is 4.90 Å². The summed E-state index contributed by atoms with van der Waals surface area (Å²) in [5, 5.41) is 4.12. The van der Waals surface area contributed by atoms with E-state index in [9.17, 15) is 14.4 Å². The summed E-state index contributed by atoms with van der Waals surface area (Å²) in [4.78, 5) is 40.6.